The van der Waals surface area contributed by atoms with E-state index in [1.54, 1.807) is 12.1 Å². The molecule has 9 heteroatoms. The van der Waals surface area contributed by atoms with Crippen molar-refractivity contribution in [3.63, 3.8) is 0 Å². The Kier molecular flexibility index (Phi) is 3.64. The zero-order valence-corrected chi connectivity index (χ0v) is 10.9. The molecule has 2 heterocycles. The Morgan fingerprint density at radius 1 is 1.28 bits per heavy atom. The van der Waals surface area contributed by atoms with E-state index in [2.05, 4.69) is 31.1 Å². The Labute approximate surface area is 112 Å². The molecule has 4 nitrogen and oxygen atoms in total. The van der Waals surface area contributed by atoms with Crippen molar-refractivity contribution in [1.29, 1.82) is 0 Å². The van der Waals surface area contributed by atoms with Gasteiger partial charge in [0.2, 0.25) is 5.01 Å². The van der Waals surface area contributed by atoms with E-state index >= 15 is 0 Å². The lowest BCUT2D eigenvalue weighted by atomic mass is 10.2. The molecule has 0 radical (unpaired) electrons. The summed E-state index contributed by atoms with van der Waals surface area (Å²) in [5.74, 6) is 0. The van der Waals surface area contributed by atoms with Crippen LogP contribution in [-0.4, -0.2) is 20.3 Å². The van der Waals surface area contributed by atoms with Crippen molar-refractivity contribution in [1.82, 2.24) is 15.2 Å². The molecular formula is C9H5BrF3N3OS. The van der Waals surface area contributed by atoms with Gasteiger partial charge in [0.05, 0.1) is 5.69 Å². The summed E-state index contributed by atoms with van der Waals surface area (Å²) in [5, 5.41) is 14.9. The molecule has 0 aliphatic carbocycles. The van der Waals surface area contributed by atoms with Crippen LogP contribution in [0.4, 0.5) is 13.2 Å². The molecule has 1 atom stereocenters. The molecule has 0 aliphatic rings. The molecule has 0 saturated heterocycles. The van der Waals surface area contributed by atoms with Gasteiger partial charge in [0.25, 0.3) is 0 Å². The van der Waals surface area contributed by atoms with Gasteiger partial charge in [-0.2, -0.15) is 13.2 Å². The molecule has 1 unspecified atom stereocenters. The lowest BCUT2D eigenvalue weighted by molar-refractivity contribution is -0.138. The van der Waals surface area contributed by atoms with E-state index in [1.165, 1.54) is 6.07 Å². The first-order valence-corrected chi connectivity index (χ1v) is 6.20. The summed E-state index contributed by atoms with van der Waals surface area (Å²) < 4.78 is 37.5. The van der Waals surface area contributed by atoms with Gasteiger partial charge in [-0.25, -0.2) is 4.98 Å². The van der Waals surface area contributed by atoms with E-state index in [1.807, 2.05) is 0 Å². The highest BCUT2D eigenvalue weighted by atomic mass is 79.9. The van der Waals surface area contributed by atoms with Crippen LogP contribution in [0.2, 0.25) is 0 Å². The van der Waals surface area contributed by atoms with Crippen LogP contribution in [0.25, 0.3) is 0 Å². The summed E-state index contributed by atoms with van der Waals surface area (Å²) in [6.07, 6.45) is -5.88. The van der Waals surface area contributed by atoms with Crippen LogP contribution in [0.5, 0.6) is 0 Å². The topological polar surface area (TPSA) is 58.9 Å². The molecule has 0 saturated carbocycles. The standard InChI is InChI=1S/C9H5BrF3N3OS/c10-5-3-1-2-4(14-5)6(17)7-15-16-8(18-7)9(11,12)13/h1-3,6,17H. The molecule has 0 aromatic carbocycles. The summed E-state index contributed by atoms with van der Waals surface area (Å²) in [6.45, 7) is 0. The minimum Gasteiger partial charge on any atom is -0.379 e. The predicted molar refractivity (Wildman–Crippen MR) is 60.9 cm³/mol. The number of alkyl halides is 3. The first-order chi connectivity index (χ1) is 8.38. The van der Waals surface area contributed by atoms with Gasteiger partial charge < -0.3 is 5.11 Å². The van der Waals surface area contributed by atoms with Gasteiger partial charge >= 0.3 is 6.18 Å². The van der Waals surface area contributed by atoms with E-state index in [-0.39, 0.29) is 10.7 Å². The van der Waals surface area contributed by atoms with Crippen LogP contribution in [0.15, 0.2) is 22.8 Å². The van der Waals surface area contributed by atoms with Crippen molar-refractivity contribution in [2.24, 2.45) is 0 Å². The molecule has 2 aromatic rings. The van der Waals surface area contributed by atoms with Crippen molar-refractivity contribution in [3.8, 4) is 0 Å². The maximum absolute atomic E-state index is 12.3. The SMILES string of the molecule is OC(c1cccc(Br)n1)c1nnc(C(F)(F)F)s1. The van der Waals surface area contributed by atoms with E-state index < -0.39 is 17.3 Å². The zero-order chi connectivity index (χ0) is 13.3. The molecule has 96 valence electrons. The van der Waals surface area contributed by atoms with E-state index in [9.17, 15) is 18.3 Å². The predicted octanol–water partition coefficient (Wildman–Crippen LogP) is 2.80. The quantitative estimate of drug-likeness (QED) is 0.854. The van der Waals surface area contributed by atoms with Crippen LogP contribution in [-0.2, 0) is 6.18 Å². The Hall–Kier alpha value is -1.06. The molecule has 2 aromatic heterocycles. The Morgan fingerprint density at radius 2 is 2.00 bits per heavy atom. The minimum absolute atomic E-state index is 0.145. The smallest absolute Gasteiger partial charge is 0.379 e. The molecule has 18 heavy (non-hydrogen) atoms. The molecule has 2 rings (SSSR count). The third kappa shape index (κ3) is 2.85. The summed E-state index contributed by atoms with van der Waals surface area (Å²) >= 11 is 3.40. The largest absolute Gasteiger partial charge is 0.445 e. The fourth-order valence-corrected chi connectivity index (χ4v) is 2.23. The van der Waals surface area contributed by atoms with Crippen LogP contribution >= 0.6 is 27.3 Å². The van der Waals surface area contributed by atoms with Crippen LogP contribution in [0.3, 0.4) is 0 Å². The first kappa shape index (κ1) is 13.4. The number of rotatable bonds is 2. The van der Waals surface area contributed by atoms with Crippen LogP contribution in [0.1, 0.15) is 21.8 Å². The second-order valence-electron chi connectivity index (χ2n) is 3.23. The highest BCUT2D eigenvalue weighted by molar-refractivity contribution is 9.10. The van der Waals surface area contributed by atoms with Crippen molar-refractivity contribution in [2.75, 3.05) is 0 Å². The lowest BCUT2D eigenvalue weighted by Gasteiger charge is -2.05. The van der Waals surface area contributed by atoms with Crippen molar-refractivity contribution >= 4 is 27.3 Å². The molecule has 0 aliphatic heterocycles. The normalized spacial score (nSPS) is 13.6. The van der Waals surface area contributed by atoms with Crippen LogP contribution in [0, 0.1) is 0 Å². The number of aliphatic hydroxyl groups is 1. The second kappa shape index (κ2) is 4.90. The molecule has 0 spiro atoms. The number of pyridine rings is 1. The fourth-order valence-electron chi connectivity index (χ4n) is 1.16. The number of nitrogens with zero attached hydrogens (tertiary/aromatic N) is 3. The average Bonchev–Trinajstić information content (AvgIpc) is 2.77. The van der Waals surface area contributed by atoms with Gasteiger partial charge in [-0.3, -0.25) is 0 Å². The zero-order valence-electron chi connectivity index (χ0n) is 8.52. The number of aromatic nitrogens is 3. The van der Waals surface area contributed by atoms with Gasteiger partial charge in [-0.05, 0) is 28.1 Å². The molecular weight excluding hydrogens is 335 g/mol. The number of aliphatic hydroxyl groups excluding tert-OH is 1. The van der Waals surface area contributed by atoms with Crippen molar-refractivity contribution in [2.45, 2.75) is 12.3 Å². The number of hydrogen-bond donors (Lipinski definition) is 1. The summed E-state index contributed by atoms with van der Waals surface area (Å²) in [7, 11) is 0. The van der Waals surface area contributed by atoms with Crippen molar-refractivity contribution < 1.29 is 18.3 Å². The summed E-state index contributed by atoms with van der Waals surface area (Å²) in [5.41, 5.74) is 0.203. The Balaban J connectivity index is 2.29. The third-order valence-electron chi connectivity index (χ3n) is 1.93. The monoisotopic (exact) mass is 339 g/mol. The molecule has 0 fully saturated rings. The third-order valence-corrected chi connectivity index (χ3v) is 3.40. The van der Waals surface area contributed by atoms with Gasteiger partial charge in [0.15, 0.2) is 5.01 Å². The maximum atomic E-state index is 12.3. The average molecular weight is 340 g/mol. The van der Waals surface area contributed by atoms with E-state index in [0.29, 0.717) is 15.9 Å². The summed E-state index contributed by atoms with van der Waals surface area (Å²) in [4.78, 5) is 3.95. The van der Waals surface area contributed by atoms with Gasteiger partial charge in [0.1, 0.15) is 10.7 Å². The van der Waals surface area contributed by atoms with E-state index in [0.717, 1.165) is 0 Å². The fraction of sp³-hybridized carbons (Fsp3) is 0.222. The van der Waals surface area contributed by atoms with Gasteiger partial charge in [-0.15, -0.1) is 10.2 Å². The Bertz CT molecular complexity index is 560. The molecule has 0 amide bonds. The number of halogens is 4. The van der Waals surface area contributed by atoms with Gasteiger partial charge in [-0.1, -0.05) is 17.4 Å². The van der Waals surface area contributed by atoms with E-state index in [4.69, 9.17) is 0 Å². The van der Waals surface area contributed by atoms with Crippen molar-refractivity contribution in [3.05, 3.63) is 38.5 Å². The number of hydrogen-bond acceptors (Lipinski definition) is 5. The highest BCUT2D eigenvalue weighted by Gasteiger charge is 2.36. The highest BCUT2D eigenvalue weighted by Crippen LogP contribution is 2.34. The molecule has 0 bridgehead atoms. The summed E-state index contributed by atoms with van der Waals surface area (Å²) in [6, 6.07) is 4.74. The second-order valence-corrected chi connectivity index (χ2v) is 5.05. The first-order valence-electron chi connectivity index (χ1n) is 4.59. The Morgan fingerprint density at radius 3 is 2.56 bits per heavy atom. The maximum Gasteiger partial charge on any atom is 0.445 e. The lowest BCUT2D eigenvalue weighted by Crippen LogP contribution is -2.03. The van der Waals surface area contributed by atoms with Gasteiger partial charge in [0, 0.05) is 0 Å². The minimum atomic E-state index is -4.56. The molecule has 1 N–H and O–H groups in total. The van der Waals surface area contributed by atoms with Crippen LogP contribution < -0.4 is 0 Å².